The summed E-state index contributed by atoms with van der Waals surface area (Å²) in [5.41, 5.74) is 1.30. The second-order valence-electron chi connectivity index (χ2n) is 8.33. The molecule has 0 radical (unpaired) electrons. The van der Waals surface area contributed by atoms with Crippen molar-refractivity contribution in [1.29, 1.82) is 0 Å². The number of alkyl halides is 3. The molecule has 182 valence electrons. The fourth-order valence-electron chi connectivity index (χ4n) is 4.18. The molecule has 0 aromatic heterocycles. The molecule has 2 fully saturated rings. The first-order valence-corrected chi connectivity index (χ1v) is 12.6. The highest BCUT2D eigenvalue weighted by molar-refractivity contribution is 8.03. The lowest BCUT2D eigenvalue weighted by Crippen LogP contribution is -2.45. The van der Waals surface area contributed by atoms with Crippen molar-refractivity contribution < 1.29 is 18.0 Å². The monoisotopic (exact) mass is 529 g/mol. The van der Waals surface area contributed by atoms with E-state index >= 15 is 0 Å². The van der Waals surface area contributed by atoms with Crippen molar-refractivity contribution in [3.05, 3.63) is 62.5 Å². The van der Waals surface area contributed by atoms with Gasteiger partial charge in [-0.15, -0.1) is 11.8 Å². The van der Waals surface area contributed by atoms with Gasteiger partial charge in [0, 0.05) is 54.8 Å². The number of halogens is 5. The molecule has 0 bridgehead atoms. The summed E-state index contributed by atoms with van der Waals surface area (Å²) in [7, 11) is 2.00. The molecule has 34 heavy (non-hydrogen) atoms. The van der Waals surface area contributed by atoms with E-state index in [0.29, 0.717) is 40.9 Å². The van der Waals surface area contributed by atoms with Crippen LogP contribution in [0.4, 0.5) is 24.5 Å². The van der Waals surface area contributed by atoms with Gasteiger partial charge in [-0.2, -0.15) is 13.2 Å². The molecule has 2 aromatic rings. The molecule has 4 nitrogen and oxygen atoms in total. The number of anilines is 2. The average Bonchev–Trinajstić information content (AvgIpc) is 2.81. The zero-order valence-corrected chi connectivity index (χ0v) is 20.8. The summed E-state index contributed by atoms with van der Waals surface area (Å²) in [6.07, 6.45) is -1.72. The van der Waals surface area contributed by atoms with Crippen LogP contribution in [0.3, 0.4) is 0 Å². The molecular formula is C24H24Cl2F3N3OS. The molecule has 2 aromatic carbocycles. The van der Waals surface area contributed by atoms with E-state index in [9.17, 15) is 18.0 Å². The lowest BCUT2D eigenvalue weighted by atomic mass is 10.0. The molecule has 2 heterocycles. The Balaban J connectivity index is 1.72. The smallest absolute Gasteiger partial charge is 0.368 e. The Hall–Kier alpha value is -1.87. The molecule has 0 amide bonds. The summed E-state index contributed by atoms with van der Waals surface area (Å²) in [5.74, 6) is 0.723. The molecular weight excluding hydrogens is 506 g/mol. The van der Waals surface area contributed by atoms with E-state index in [1.54, 1.807) is 23.9 Å². The van der Waals surface area contributed by atoms with Gasteiger partial charge in [0.15, 0.2) is 0 Å². The normalized spacial score (nSPS) is 21.2. The first kappa shape index (κ1) is 25.2. The Kier molecular flexibility index (Phi) is 7.72. The van der Waals surface area contributed by atoms with Gasteiger partial charge in [-0.3, -0.25) is 0 Å². The topological polar surface area (TPSA) is 26.8 Å². The van der Waals surface area contributed by atoms with Crippen LogP contribution in [0.25, 0.3) is 6.08 Å². The minimum Gasteiger partial charge on any atom is -0.368 e. The van der Waals surface area contributed by atoms with Crippen molar-refractivity contribution in [1.82, 2.24) is 4.90 Å². The molecule has 1 atom stereocenters. The summed E-state index contributed by atoms with van der Waals surface area (Å²) in [4.78, 5) is 19.0. The van der Waals surface area contributed by atoms with Gasteiger partial charge in [0.05, 0.1) is 15.6 Å². The number of nitrogens with zero attached hydrogens (tertiary/aromatic N) is 3. The third-order valence-electron chi connectivity index (χ3n) is 6.09. The Labute approximate surface area is 211 Å². The molecule has 2 saturated heterocycles. The van der Waals surface area contributed by atoms with Gasteiger partial charge in [0.25, 0.3) is 0 Å². The number of aldehydes is 1. The quantitative estimate of drug-likeness (QED) is 0.457. The van der Waals surface area contributed by atoms with Gasteiger partial charge in [-0.25, -0.2) is 0 Å². The summed E-state index contributed by atoms with van der Waals surface area (Å²) < 4.78 is 40.5. The van der Waals surface area contributed by atoms with E-state index in [-0.39, 0.29) is 0 Å². The van der Waals surface area contributed by atoms with Crippen LogP contribution in [0.15, 0.2) is 41.3 Å². The number of likely N-dealkylation sites (N-methyl/N-ethyl adjacent to an activating group) is 1. The second-order valence-corrected chi connectivity index (χ2v) is 10.3. The molecule has 2 aliphatic rings. The number of thioether (sulfide) groups is 1. The van der Waals surface area contributed by atoms with Crippen LogP contribution in [-0.4, -0.2) is 62.8 Å². The largest absolute Gasteiger partial charge is 0.416 e. The van der Waals surface area contributed by atoms with E-state index in [0.717, 1.165) is 41.8 Å². The Morgan fingerprint density at radius 3 is 2.38 bits per heavy atom. The maximum absolute atomic E-state index is 13.5. The maximum Gasteiger partial charge on any atom is 0.416 e. The molecule has 0 saturated carbocycles. The summed E-state index contributed by atoms with van der Waals surface area (Å²) >= 11 is 13.8. The highest BCUT2D eigenvalue weighted by atomic mass is 35.5. The number of hydrogen-bond acceptors (Lipinski definition) is 5. The van der Waals surface area contributed by atoms with Crippen molar-refractivity contribution in [2.75, 3.05) is 55.3 Å². The highest BCUT2D eigenvalue weighted by Crippen LogP contribution is 2.39. The first-order valence-electron chi connectivity index (χ1n) is 10.8. The van der Waals surface area contributed by atoms with Gasteiger partial charge < -0.3 is 19.5 Å². The van der Waals surface area contributed by atoms with E-state index in [2.05, 4.69) is 4.90 Å². The van der Waals surface area contributed by atoms with Crippen molar-refractivity contribution in [2.45, 2.75) is 12.2 Å². The van der Waals surface area contributed by atoms with Crippen LogP contribution in [0.5, 0.6) is 0 Å². The SMILES string of the molecule is CN1CCN(c2cc(C(F)(F)F)ccc2C=C2SCCN(c3ccc(Cl)c(Cl)c3)C2C=O)CC1. The lowest BCUT2D eigenvalue weighted by Gasteiger charge is -2.37. The van der Waals surface area contributed by atoms with Crippen LogP contribution in [0.1, 0.15) is 11.1 Å². The number of carbonyl (C=O) groups excluding carboxylic acids is 1. The van der Waals surface area contributed by atoms with Crippen LogP contribution >= 0.6 is 35.0 Å². The lowest BCUT2D eigenvalue weighted by molar-refractivity contribution is -0.137. The van der Waals surface area contributed by atoms with Crippen molar-refractivity contribution >= 4 is 58.7 Å². The third kappa shape index (κ3) is 5.51. The van der Waals surface area contributed by atoms with Gasteiger partial charge in [0.2, 0.25) is 0 Å². The summed E-state index contributed by atoms with van der Waals surface area (Å²) in [6, 6.07) is 8.48. The first-order chi connectivity index (χ1) is 16.2. The standard InChI is InChI=1S/C24H24Cl2F3N3OS/c1-30-6-8-31(9-7-30)21-13-17(24(27,28)29)3-2-16(21)12-23-22(15-33)32(10-11-34-23)18-4-5-19(25)20(26)14-18/h2-5,12-15,22H,6-11H2,1H3. The summed E-state index contributed by atoms with van der Waals surface area (Å²) in [6.45, 7) is 3.43. The molecule has 0 spiro atoms. The minimum atomic E-state index is -4.43. The van der Waals surface area contributed by atoms with E-state index < -0.39 is 17.8 Å². The average molecular weight is 530 g/mol. The third-order valence-corrected chi connectivity index (χ3v) is 7.91. The molecule has 2 aliphatic heterocycles. The van der Waals surface area contributed by atoms with Gasteiger partial charge in [0.1, 0.15) is 12.3 Å². The Bertz CT molecular complexity index is 1090. The molecule has 1 unspecified atom stereocenters. The fourth-order valence-corrected chi connectivity index (χ4v) is 5.56. The van der Waals surface area contributed by atoms with E-state index in [4.69, 9.17) is 23.2 Å². The maximum atomic E-state index is 13.5. The predicted octanol–water partition coefficient (Wildman–Crippen LogP) is 5.93. The van der Waals surface area contributed by atoms with Gasteiger partial charge >= 0.3 is 6.18 Å². The van der Waals surface area contributed by atoms with Crippen molar-refractivity contribution in [2.24, 2.45) is 0 Å². The van der Waals surface area contributed by atoms with Crippen molar-refractivity contribution in [3.63, 3.8) is 0 Å². The molecule has 4 rings (SSSR count). The summed E-state index contributed by atoms with van der Waals surface area (Å²) in [5, 5.41) is 0.824. The van der Waals surface area contributed by atoms with E-state index in [1.807, 2.05) is 29.0 Å². The number of piperazine rings is 1. The molecule has 0 N–H and O–H groups in total. The Morgan fingerprint density at radius 2 is 1.74 bits per heavy atom. The number of rotatable bonds is 4. The second kappa shape index (κ2) is 10.4. The predicted molar refractivity (Wildman–Crippen MR) is 135 cm³/mol. The van der Waals surface area contributed by atoms with Crippen LogP contribution in [0.2, 0.25) is 10.0 Å². The van der Waals surface area contributed by atoms with Crippen LogP contribution < -0.4 is 9.80 Å². The zero-order chi connectivity index (χ0) is 24.5. The molecule has 10 heteroatoms. The number of hydrogen-bond donors (Lipinski definition) is 0. The number of benzene rings is 2. The zero-order valence-electron chi connectivity index (χ0n) is 18.5. The van der Waals surface area contributed by atoms with E-state index in [1.165, 1.54) is 12.1 Å². The highest BCUT2D eigenvalue weighted by Gasteiger charge is 2.33. The van der Waals surface area contributed by atoms with Crippen LogP contribution in [0, 0.1) is 0 Å². The van der Waals surface area contributed by atoms with Crippen LogP contribution in [-0.2, 0) is 11.0 Å². The fraction of sp³-hybridized carbons (Fsp3) is 0.375. The van der Waals surface area contributed by atoms with Gasteiger partial charge in [-0.05, 0) is 49.0 Å². The Morgan fingerprint density at radius 1 is 1.00 bits per heavy atom. The molecule has 0 aliphatic carbocycles. The minimum absolute atomic E-state index is 0.396. The number of carbonyl (C=O) groups is 1. The van der Waals surface area contributed by atoms with Gasteiger partial charge in [-0.1, -0.05) is 29.3 Å². The van der Waals surface area contributed by atoms with Crippen molar-refractivity contribution in [3.8, 4) is 0 Å².